The van der Waals surface area contributed by atoms with Gasteiger partial charge in [0.15, 0.2) is 0 Å². The van der Waals surface area contributed by atoms with Gasteiger partial charge < -0.3 is 9.67 Å². The molecule has 28 heavy (non-hydrogen) atoms. The Balaban J connectivity index is 1.96. The van der Waals surface area contributed by atoms with E-state index in [-0.39, 0.29) is 5.75 Å². The lowest BCUT2D eigenvalue weighted by Crippen LogP contribution is -2.03. The summed E-state index contributed by atoms with van der Waals surface area (Å²) in [5.41, 5.74) is 6.39. The Morgan fingerprint density at radius 3 is 2.21 bits per heavy atom. The van der Waals surface area contributed by atoms with Gasteiger partial charge in [-0.1, -0.05) is 48.5 Å². The summed E-state index contributed by atoms with van der Waals surface area (Å²) in [6.45, 7) is 2.06. The zero-order chi connectivity index (χ0) is 19.1. The topological polar surface area (TPSA) is 43.0 Å². The van der Waals surface area contributed by atoms with Gasteiger partial charge in [0, 0.05) is 28.5 Å². The molecule has 0 fully saturated rings. The number of nitrogens with zero attached hydrogens (tertiary/aromatic N) is 3. The van der Waals surface area contributed by atoms with Crippen LogP contribution in [0.1, 0.15) is 5.69 Å². The minimum Gasteiger partial charge on any atom is -0.508 e. The van der Waals surface area contributed by atoms with E-state index in [2.05, 4.69) is 46.9 Å². The van der Waals surface area contributed by atoms with E-state index in [4.69, 9.17) is 0 Å². The molecule has 0 spiro atoms. The van der Waals surface area contributed by atoms with Crippen molar-refractivity contribution < 1.29 is 5.11 Å². The zero-order valence-electron chi connectivity index (χ0n) is 15.4. The molecular weight excluding hydrogens is 346 g/mol. The molecule has 2 heterocycles. The van der Waals surface area contributed by atoms with Crippen LogP contribution in [0.5, 0.6) is 5.75 Å². The number of aryl methyl sites for hydroxylation is 1. The fraction of sp³-hybridized carbons (Fsp3) is 0.0417. The Morgan fingerprint density at radius 2 is 1.50 bits per heavy atom. The second-order valence-corrected chi connectivity index (χ2v) is 6.82. The van der Waals surface area contributed by atoms with Crippen LogP contribution in [0.3, 0.4) is 0 Å². The lowest BCUT2D eigenvalue weighted by atomic mass is 10.1. The fourth-order valence-corrected chi connectivity index (χ4v) is 3.77. The normalized spacial score (nSPS) is 11.2. The van der Waals surface area contributed by atoms with Crippen LogP contribution in [0.4, 0.5) is 0 Å². The highest BCUT2D eigenvalue weighted by molar-refractivity contribution is 5.99. The molecule has 0 amide bonds. The Kier molecular flexibility index (Phi) is 3.76. The Bertz CT molecular complexity index is 1260. The van der Waals surface area contributed by atoms with Crippen molar-refractivity contribution in [3.05, 3.63) is 96.8 Å². The van der Waals surface area contributed by atoms with E-state index >= 15 is 0 Å². The van der Waals surface area contributed by atoms with Crippen molar-refractivity contribution >= 4 is 10.9 Å². The molecule has 5 rings (SSSR count). The van der Waals surface area contributed by atoms with Crippen LogP contribution >= 0.6 is 0 Å². The van der Waals surface area contributed by atoms with Gasteiger partial charge in [0.2, 0.25) is 0 Å². The average Bonchev–Trinajstić information content (AvgIpc) is 3.30. The molecule has 0 unspecified atom stereocenters. The smallest absolute Gasteiger partial charge is 0.115 e. The van der Waals surface area contributed by atoms with E-state index in [1.54, 1.807) is 12.1 Å². The van der Waals surface area contributed by atoms with Gasteiger partial charge in [-0.2, -0.15) is 5.10 Å². The standard InChI is InChI=1S/C24H19N3O/c1-17-15-16-25-27(17)24-21-9-5-6-10-22(21)26(19-11-13-20(28)14-12-19)23(24)18-7-3-2-4-8-18/h2-16,28H,1H3. The minimum absolute atomic E-state index is 0.254. The van der Waals surface area contributed by atoms with Crippen LogP contribution < -0.4 is 0 Å². The van der Waals surface area contributed by atoms with E-state index in [0.29, 0.717) is 0 Å². The molecular formula is C24H19N3O. The lowest BCUT2D eigenvalue weighted by Gasteiger charge is -2.13. The first-order valence-corrected chi connectivity index (χ1v) is 9.23. The summed E-state index contributed by atoms with van der Waals surface area (Å²) in [5, 5.41) is 15.5. The first-order valence-electron chi connectivity index (χ1n) is 9.23. The van der Waals surface area contributed by atoms with Gasteiger partial charge in [0.05, 0.1) is 16.9 Å². The van der Waals surface area contributed by atoms with Gasteiger partial charge in [-0.25, -0.2) is 4.68 Å². The summed E-state index contributed by atoms with van der Waals surface area (Å²) in [7, 11) is 0. The number of hydrogen-bond acceptors (Lipinski definition) is 2. The van der Waals surface area contributed by atoms with Crippen molar-refractivity contribution in [2.75, 3.05) is 0 Å². The maximum absolute atomic E-state index is 9.77. The highest BCUT2D eigenvalue weighted by Gasteiger charge is 2.22. The summed E-state index contributed by atoms with van der Waals surface area (Å²) in [4.78, 5) is 0. The lowest BCUT2D eigenvalue weighted by molar-refractivity contribution is 0.475. The van der Waals surface area contributed by atoms with Gasteiger partial charge >= 0.3 is 0 Å². The van der Waals surface area contributed by atoms with E-state index in [1.165, 1.54) is 0 Å². The van der Waals surface area contributed by atoms with Crippen LogP contribution in [-0.4, -0.2) is 19.5 Å². The third kappa shape index (κ3) is 2.50. The summed E-state index contributed by atoms with van der Waals surface area (Å²) in [5.74, 6) is 0.254. The van der Waals surface area contributed by atoms with Gasteiger partial charge in [-0.3, -0.25) is 0 Å². The second-order valence-electron chi connectivity index (χ2n) is 6.82. The van der Waals surface area contributed by atoms with Crippen molar-refractivity contribution in [1.29, 1.82) is 0 Å². The van der Waals surface area contributed by atoms with Crippen LogP contribution in [-0.2, 0) is 0 Å². The van der Waals surface area contributed by atoms with Gasteiger partial charge in [-0.15, -0.1) is 0 Å². The molecule has 0 saturated carbocycles. The number of hydrogen-bond donors (Lipinski definition) is 1. The molecule has 4 nitrogen and oxygen atoms in total. The van der Waals surface area contributed by atoms with Crippen LogP contribution in [0, 0.1) is 6.92 Å². The maximum atomic E-state index is 9.77. The van der Waals surface area contributed by atoms with E-state index in [1.807, 2.05) is 53.3 Å². The van der Waals surface area contributed by atoms with E-state index < -0.39 is 0 Å². The number of phenols is 1. The van der Waals surface area contributed by atoms with Crippen LogP contribution in [0.15, 0.2) is 91.1 Å². The molecule has 0 atom stereocenters. The number of phenolic OH excluding ortho intramolecular Hbond substituents is 1. The highest BCUT2D eigenvalue weighted by atomic mass is 16.3. The molecule has 0 saturated heterocycles. The maximum Gasteiger partial charge on any atom is 0.115 e. The molecule has 136 valence electrons. The molecule has 0 aliphatic heterocycles. The second kappa shape index (κ2) is 6.43. The zero-order valence-corrected chi connectivity index (χ0v) is 15.4. The van der Waals surface area contributed by atoms with E-state index in [9.17, 15) is 5.11 Å². The summed E-state index contributed by atoms with van der Waals surface area (Å²) in [6.07, 6.45) is 1.83. The first-order chi connectivity index (χ1) is 13.7. The average molecular weight is 365 g/mol. The SMILES string of the molecule is Cc1ccnn1-c1c(-c2ccccc2)n(-c2ccc(O)cc2)c2ccccc12. The predicted molar refractivity (Wildman–Crippen MR) is 112 cm³/mol. The quantitative estimate of drug-likeness (QED) is 0.459. The van der Waals surface area contributed by atoms with Gasteiger partial charge in [0.1, 0.15) is 5.75 Å². The summed E-state index contributed by atoms with van der Waals surface area (Å²) < 4.78 is 4.24. The van der Waals surface area contributed by atoms with Crippen LogP contribution in [0.25, 0.3) is 33.5 Å². The molecule has 0 aliphatic rings. The van der Waals surface area contributed by atoms with Crippen LogP contribution in [0.2, 0.25) is 0 Å². The fourth-order valence-electron chi connectivity index (χ4n) is 3.77. The van der Waals surface area contributed by atoms with Gasteiger partial charge in [-0.05, 0) is 43.3 Å². The first kappa shape index (κ1) is 16.4. The van der Waals surface area contributed by atoms with E-state index in [0.717, 1.165) is 39.2 Å². The largest absolute Gasteiger partial charge is 0.508 e. The Labute approximate surface area is 162 Å². The van der Waals surface area contributed by atoms with Crippen molar-refractivity contribution in [3.63, 3.8) is 0 Å². The van der Waals surface area contributed by atoms with Crippen molar-refractivity contribution in [2.45, 2.75) is 6.92 Å². The number of benzene rings is 3. The molecule has 1 N–H and O–H groups in total. The summed E-state index contributed by atoms with van der Waals surface area (Å²) in [6, 6.07) is 28.1. The minimum atomic E-state index is 0.254. The summed E-state index contributed by atoms with van der Waals surface area (Å²) >= 11 is 0. The Hall–Kier alpha value is -3.79. The molecule has 5 aromatic rings. The van der Waals surface area contributed by atoms with Crippen molar-refractivity contribution in [1.82, 2.24) is 14.3 Å². The number of aromatic hydroxyl groups is 1. The number of para-hydroxylation sites is 1. The molecule has 0 radical (unpaired) electrons. The number of aromatic nitrogens is 3. The molecule has 0 bridgehead atoms. The predicted octanol–water partition coefficient (Wildman–Crippen LogP) is 5.50. The Morgan fingerprint density at radius 1 is 0.786 bits per heavy atom. The third-order valence-corrected chi connectivity index (χ3v) is 5.05. The van der Waals surface area contributed by atoms with Gasteiger partial charge in [0.25, 0.3) is 0 Å². The molecule has 3 aromatic carbocycles. The third-order valence-electron chi connectivity index (χ3n) is 5.05. The highest BCUT2D eigenvalue weighted by Crippen LogP contribution is 2.39. The van der Waals surface area contributed by atoms with Crippen molar-refractivity contribution in [3.8, 4) is 28.4 Å². The monoisotopic (exact) mass is 365 g/mol. The number of fused-ring (bicyclic) bond motifs is 1. The number of rotatable bonds is 3. The van der Waals surface area contributed by atoms with Crippen molar-refractivity contribution in [2.24, 2.45) is 0 Å². The molecule has 4 heteroatoms. The molecule has 2 aromatic heterocycles. The molecule has 0 aliphatic carbocycles.